The molecule has 0 bridgehead atoms. The Morgan fingerprint density at radius 2 is 1.96 bits per heavy atom. The summed E-state index contributed by atoms with van der Waals surface area (Å²) in [5.41, 5.74) is 0.686. The molecule has 0 aliphatic carbocycles. The number of hydrogen-bond donors (Lipinski definition) is 1. The van der Waals surface area contributed by atoms with E-state index in [2.05, 4.69) is 5.32 Å². The van der Waals surface area contributed by atoms with Crippen LogP contribution in [0.5, 0.6) is 5.75 Å². The van der Waals surface area contributed by atoms with Crippen molar-refractivity contribution in [2.75, 3.05) is 19.6 Å². The molecule has 0 spiro atoms. The second kappa shape index (κ2) is 9.10. The first kappa shape index (κ1) is 21.1. The Morgan fingerprint density at radius 3 is 2.67 bits per heavy atom. The Balaban J connectivity index is 0.00000261. The van der Waals surface area contributed by atoms with Crippen molar-refractivity contribution in [1.29, 1.82) is 0 Å². The predicted molar refractivity (Wildman–Crippen MR) is 97.4 cm³/mol. The topological polar surface area (TPSA) is 41.6 Å². The van der Waals surface area contributed by atoms with E-state index in [1.807, 2.05) is 0 Å². The molecular weight excluding hydrogens is 381 g/mol. The molecular formula is C19H20ClF3N2O2. The maximum absolute atomic E-state index is 13.6. The van der Waals surface area contributed by atoms with Crippen LogP contribution in [-0.4, -0.2) is 36.5 Å². The number of ether oxygens (including phenoxy) is 1. The molecule has 8 heteroatoms. The van der Waals surface area contributed by atoms with Crippen molar-refractivity contribution in [2.24, 2.45) is 0 Å². The summed E-state index contributed by atoms with van der Waals surface area (Å²) in [7, 11) is 0. The van der Waals surface area contributed by atoms with Crippen LogP contribution in [0.1, 0.15) is 18.5 Å². The number of benzene rings is 2. The molecule has 0 aromatic heterocycles. The molecule has 146 valence electrons. The van der Waals surface area contributed by atoms with Gasteiger partial charge in [-0.1, -0.05) is 12.1 Å². The van der Waals surface area contributed by atoms with Crippen LogP contribution >= 0.6 is 12.4 Å². The second-order valence-electron chi connectivity index (χ2n) is 6.14. The quantitative estimate of drug-likeness (QED) is 0.854. The van der Waals surface area contributed by atoms with Gasteiger partial charge in [0.25, 0.3) is 5.91 Å². The molecule has 2 atom stereocenters. The van der Waals surface area contributed by atoms with E-state index in [0.717, 1.165) is 12.1 Å². The van der Waals surface area contributed by atoms with E-state index in [4.69, 9.17) is 4.74 Å². The molecule has 1 aliphatic heterocycles. The van der Waals surface area contributed by atoms with E-state index in [9.17, 15) is 18.0 Å². The van der Waals surface area contributed by atoms with Gasteiger partial charge in [-0.05, 0) is 36.8 Å². The number of carbonyl (C=O) groups is 1. The van der Waals surface area contributed by atoms with Crippen LogP contribution in [0, 0.1) is 17.5 Å². The number of halogens is 4. The third kappa shape index (κ3) is 4.93. The van der Waals surface area contributed by atoms with Gasteiger partial charge in [-0.25, -0.2) is 13.2 Å². The van der Waals surface area contributed by atoms with Gasteiger partial charge in [-0.3, -0.25) is 4.79 Å². The summed E-state index contributed by atoms with van der Waals surface area (Å²) in [4.78, 5) is 14.5. The van der Waals surface area contributed by atoms with E-state index in [0.29, 0.717) is 25.2 Å². The summed E-state index contributed by atoms with van der Waals surface area (Å²) in [6.45, 7) is 3.09. The minimum Gasteiger partial charge on any atom is -0.481 e. The molecule has 1 fully saturated rings. The zero-order valence-electron chi connectivity index (χ0n) is 14.6. The number of nitrogens with zero attached hydrogens (tertiary/aromatic N) is 1. The van der Waals surface area contributed by atoms with Gasteiger partial charge in [0.15, 0.2) is 17.7 Å². The summed E-state index contributed by atoms with van der Waals surface area (Å²) in [6, 6.07) is 8.90. The summed E-state index contributed by atoms with van der Waals surface area (Å²) < 4.78 is 45.4. The first-order chi connectivity index (χ1) is 12.5. The first-order valence-corrected chi connectivity index (χ1v) is 8.34. The number of rotatable bonds is 4. The summed E-state index contributed by atoms with van der Waals surface area (Å²) in [6.07, 6.45) is -0.894. The highest BCUT2D eigenvalue weighted by Gasteiger charge is 2.31. The molecule has 0 saturated carbocycles. The van der Waals surface area contributed by atoms with Crippen molar-refractivity contribution in [3.63, 3.8) is 0 Å². The van der Waals surface area contributed by atoms with Crippen molar-refractivity contribution in [3.05, 3.63) is 65.5 Å². The lowest BCUT2D eigenvalue weighted by molar-refractivity contribution is -0.141. The number of nitrogens with one attached hydrogen (secondary N) is 1. The van der Waals surface area contributed by atoms with Crippen molar-refractivity contribution in [3.8, 4) is 5.75 Å². The number of amides is 1. The lowest BCUT2D eigenvalue weighted by Crippen LogP contribution is -2.52. The van der Waals surface area contributed by atoms with Gasteiger partial charge in [0, 0.05) is 25.7 Å². The fraction of sp³-hybridized carbons (Fsp3) is 0.316. The lowest BCUT2D eigenvalue weighted by atomic mass is 10.0. The molecule has 1 N–H and O–H groups in total. The highest BCUT2D eigenvalue weighted by molar-refractivity contribution is 5.85. The van der Waals surface area contributed by atoms with E-state index in [1.165, 1.54) is 18.2 Å². The van der Waals surface area contributed by atoms with Gasteiger partial charge in [0.05, 0.1) is 6.04 Å². The van der Waals surface area contributed by atoms with Gasteiger partial charge >= 0.3 is 0 Å². The van der Waals surface area contributed by atoms with Gasteiger partial charge < -0.3 is 15.0 Å². The maximum atomic E-state index is 13.6. The van der Waals surface area contributed by atoms with Crippen LogP contribution < -0.4 is 10.1 Å². The van der Waals surface area contributed by atoms with E-state index < -0.39 is 17.7 Å². The summed E-state index contributed by atoms with van der Waals surface area (Å²) in [5.74, 6) is -2.62. The van der Waals surface area contributed by atoms with Crippen molar-refractivity contribution in [2.45, 2.75) is 19.1 Å². The standard InChI is InChI=1S/C19H19F3N2O2.ClH/c1-12(26-15-5-6-16(21)17(22)10-15)19(25)24-8-7-23-11-18(24)13-3-2-4-14(20)9-13;/h2-6,9-10,12,18,23H,7-8,11H2,1H3;1H. The SMILES string of the molecule is CC(Oc1ccc(F)c(F)c1)C(=O)N1CCNCC1c1cccc(F)c1.Cl. The Kier molecular flexibility index (Phi) is 7.10. The summed E-state index contributed by atoms with van der Waals surface area (Å²) in [5, 5.41) is 3.19. The Labute approximate surface area is 161 Å². The van der Waals surface area contributed by atoms with Crippen molar-refractivity contribution < 1.29 is 22.7 Å². The van der Waals surface area contributed by atoms with Gasteiger partial charge in [-0.2, -0.15) is 0 Å². The fourth-order valence-electron chi connectivity index (χ4n) is 3.02. The lowest BCUT2D eigenvalue weighted by Gasteiger charge is -2.38. The predicted octanol–water partition coefficient (Wildman–Crippen LogP) is 3.47. The third-order valence-corrected chi connectivity index (χ3v) is 4.31. The van der Waals surface area contributed by atoms with Crippen molar-refractivity contribution >= 4 is 18.3 Å². The van der Waals surface area contributed by atoms with Crippen LogP contribution in [0.4, 0.5) is 13.2 Å². The maximum Gasteiger partial charge on any atom is 0.263 e. The zero-order valence-corrected chi connectivity index (χ0v) is 15.4. The van der Waals surface area contributed by atoms with Crippen LogP contribution in [-0.2, 0) is 4.79 Å². The second-order valence-corrected chi connectivity index (χ2v) is 6.14. The Hall–Kier alpha value is -2.25. The minimum atomic E-state index is -1.04. The normalized spacial score (nSPS) is 17.8. The Bertz CT molecular complexity index is 806. The Morgan fingerprint density at radius 1 is 1.19 bits per heavy atom. The van der Waals surface area contributed by atoms with E-state index >= 15 is 0 Å². The number of piperazine rings is 1. The molecule has 1 aliphatic rings. The highest BCUT2D eigenvalue weighted by atomic mass is 35.5. The monoisotopic (exact) mass is 400 g/mol. The van der Waals surface area contributed by atoms with Crippen LogP contribution in [0.25, 0.3) is 0 Å². The number of carbonyl (C=O) groups excluding carboxylic acids is 1. The van der Waals surface area contributed by atoms with Crippen LogP contribution in [0.15, 0.2) is 42.5 Å². The molecule has 0 radical (unpaired) electrons. The third-order valence-electron chi connectivity index (χ3n) is 4.31. The number of hydrogen-bond acceptors (Lipinski definition) is 3. The molecule has 27 heavy (non-hydrogen) atoms. The first-order valence-electron chi connectivity index (χ1n) is 8.34. The largest absolute Gasteiger partial charge is 0.481 e. The fourth-order valence-corrected chi connectivity index (χ4v) is 3.02. The molecule has 4 nitrogen and oxygen atoms in total. The molecule has 3 rings (SSSR count). The molecule has 2 aromatic carbocycles. The van der Waals surface area contributed by atoms with E-state index in [-0.39, 0.29) is 35.9 Å². The smallest absolute Gasteiger partial charge is 0.263 e. The molecule has 1 heterocycles. The average Bonchev–Trinajstić information content (AvgIpc) is 2.64. The molecule has 1 saturated heterocycles. The zero-order chi connectivity index (χ0) is 18.7. The van der Waals surface area contributed by atoms with Gasteiger partial charge in [0.1, 0.15) is 11.6 Å². The van der Waals surface area contributed by atoms with E-state index in [1.54, 1.807) is 24.0 Å². The van der Waals surface area contributed by atoms with Crippen molar-refractivity contribution in [1.82, 2.24) is 10.2 Å². The van der Waals surface area contributed by atoms with Crippen LogP contribution in [0.3, 0.4) is 0 Å². The van der Waals surface area contributed by atoms with Gasteiger partial charge in [0.2, 0.25) is 0 Å². The molecule has 1 amide bonds. The van der Waals surface area contributed by atoms with Gasteiger partial charge in [-0.15, -0.1) is 12.4 Å². The molecule has 2 aromatic rings. The average molecular weight is 401 g/mol. The highest BCUT2D eigenvalue weighted by Crippen LogP contribution is 2.25. The molecule has 2 unspecified atom stereocenters. The van der Waals surface area contributed by atoms with Crippen LogP contribution in [0.2, 0.25) is 0 Å². The minimum absolute atomic E-state index is 0. The summed E-state index contributed by atoms with van der Waals surface area (Å²) >= 11 is 0.